The number of alkyl halides is 3. The highest BCUT2D eigenvalue weighted by molar-refractivity contribution is 5.89. The summed E-state index contributed by atoms with van der Waals surface area (Å²) < 4.78 is 47.7. The maximum Gasteiger partial charge on any atom is 0.402 e. The number of aryl methyl sites for hydroxylation is 2. The van der Waals surface area contributed by atoms with Gasteiger partial charge < -0.3 is 30.6 Å². The second kappa shape index (κ2) is 17.3. The number of rotatable bonds is 11. The first-order valence-corrected chi connectivity index (χ1v) is 24.8. The van der Waals surface area contributed by atoms with Crippen LogP contribution in [0, 0.1) is 0 Å². The topological polar surface area (TPSA) is 121 Å². The third kappa shape index (κ3) is 7.54. The zero-order valence-electron chi connectivity index (χ0n) is 41.5. The molecule has 6 nitrogen and oxygen atoms in total. The number of halogens is 3. The Morgan fingerprint density at radius 2 is 0.658 bits per heavy atom. The smallest absolute Gasteiger partial charge is 0.402 e. The molecule has 0 fully saturated rings. The van der Waals surface area contributed by atoms with E-state index in [-0.39, 0.29) is 49.1 Å². The molecule has 0 heterocycles. The summed E-state index contributed by atoms with van der Waals surface area (Å²) in [5, 5.41) is 60.0. The summed E-state index contributed by atoms with van der Waals surface area (Å²) in [7, 11) is 0. The van der Waals surface area contributed by atoms with E-state index in [1.165, 1.54) is 12.5 Å². The molecule has 6 N–H and O–H groups in total. The van der Waals surface area contributed by atoms with E-state index in [1.807, 2.05) is 36.4 Å². The third-order valence-electron chi connectivity index (χ3n) is 16.6. The molecule has 1 unspecified atom stereocenters. The Kier molecular flexibility index (Phi) is 11.4. The zero-order valence-corrected chi connectivity index (χ0v) is 41.5. The molecule has 11 rings (SSSR count). The summed E-state index contributed by atoms with van der Waals surface area (Å²) in [6.45, 7) is 8.68. The first-order valence-electron chi connectivity index (χ1n) is 24.8. The van der Waals surface area contributed by atoms with Crippen LogP contribution in [0.3, 0.4) is 0 Å². The molecule has 0 saturated heterocycles. The van der Waals surface area contributed by atoms with Crippen molar-refractivity contribution in [1.82, 2.24) is 0 Å². The normalized spacial score (nSPS) is 16.4. The first kappa shape index (κ1) is 48.3. The second-order valence-corrected chi connectivity index (χ2v) is 21.5. The number of aliphatic hydroxyl groups excluding tert-OH is 4. The number of benzene rings is 8. The molecule has 3 aliphatic rings. The van der Waals surface area contributed by atoms with Crippen molar-refractivity contribution in [2.24, 2.45) is 0 Å². The van der Waals surface area contributed by atoms with Gasteiger partial charge in [-0.15, -0.1) is 0 Å². The molecular formula is C64H57F3O6. The van der Waals surface area contributed by atoms with Gasteiger partial charge in [0.15, 0.2) is 0 Å². The summed E-state index contributed by atoms with van der Waals surface area (Å²) in [5.41, 5.74) is 15.9. The van der Waals surface area contributed by atoms with Crippen molar-refractivity contribution in [3.05, 3.63) is 211 Å². The van der Waals surface area contributed by atoms with Gasteiger partial charge in [0.1, 0.15) is 16.9 Å². The second-order valence-electron chi connectivity index (χ2n) is 21.5. The molecule has 8 aromatic carbocycles. The number of aliphatic hydroxyl groups is 4. The molecule has 3 aliphatic carbocycles. The summed E-state index contributed by atoms with van der Waals surface area (Å²) in [6.07, 6.45) is -2.72. The van der Waals surface area contributed by atoms with Crippen molar-refractivity contribution in [2.75, 3.05) is 0 Å². The fourth-order valence-electron chi connectivity index (χ4n) is 12.3. The number of hydrogen-bond donors (Lipinski definition) is 6. The van der Waals surface area contributed by atoms with Crippen LogP contribution < -0.4 is 0 Å². The number of fused-ring (bicyclic) bond motifs is 9. The highest BCUT2D eigenvalue weighted by atomic mass is 19.4. The molecule has 0 radical (unpaired) electrons. The lowest BCUT2D eigenvalue weighted by Gasteiger charge is -2.30. The Balaban J connectivity index is 0.876. The fourth-order valence-corrected chi connectivity index (χ4v) is 12.3. The lowest BCUT2D eigenvalue weighted by atomic mass is 9.77. The minimum Gasteiger partial charge on any atom is -0.507 e. The number of hydrogen-bond acceptors (Lipinski definition) is 6. The molecule has 0 spiro atoms. The SMILES string of the molecule is CC1(C)c2cc(CCc3cc(CO)c(O)c(CO)c3)ccc2-c2ccc(-c3ccc4c(c3)C(C)(C(F)(F)F)c3cc(-c5ccc6c(c5)C(C)(C)c5cc(Cc7cc(CO)c(O)c(CO)c7)ccc5-6)ccc3-4)cc21. The summed E-state index contributed by atoms with van der Waals surface area (Å²) in [6, 6.07) is 43.4. The van der Waals surface area contributed by atoms with Gasteiger partial charge in [0.25, 0.3) is 0 Å². The largest absolute Gasteiger partial charge is 0.507 e. The highest BCUT2D eigenvalue weighted by Crippen LogP contribution is 2.59. The van der Waals surface area contributed by atoms with Crippen LogP contribution in [0.15, 0.2) is 133 Å². The van der Waals surface area contributed by atoms with Gasteiger partial charge in [-0.3, -0.25) is 0 Å². The molecule has 0 saturated carbocycles. The Morgan fingerprint density at radius 3 is 1.04 bits per heavy atom. The van der Waals surface area contributed by atoms with Crippen molar-refractivity contribution in [1.29, 1.82) is 0 Å². The van der Waals surface area contributed by atoms with Gasteiger partial charge in [-0.1, -0.05) is 113 Å². The minimum atomic E-state index is -4.60. The lowest BCUT2D eigenvalue weighted by molar-refractivity contribution is -0.172. The predicted molar refractivity (Wildman–Crippen MR) is 281 cm³/mol. The average molecular weight is 979 g/mol. The Labute approximate surface area is 423 Å². The van der Waals surface area contributed by atoms with Crippen LogP contribution in [0.25, 0.3) is 55.6 Å². The quantitative estimate of drug-likeness (QED) is 0.0768. The molecule has 8 aromatic rings. The van der Waals surface area contributed by atoms with Crippen LogP contribution in [0.5, 0.6) is 11.5 Å². The molecule has 0 amide bonds. The number of aromatic hydroxyl groups is 2. The van der Waals surface area contributed by atoms with Crippen LogP contribution >= 0.6 is 0 Å². The molecule has 0 aromatic heterocycles. The van der Waals surface area contributed by atoms with E-state index in [2.05, 4.69) is 88.4 Å². The maximum absolute atomic E-state index is 15.9. The molecule has 9 heteroatoms. The summed E-state index contributed by atoms with van der Waals surface area (Å²) in [4.78, 5) is 0. The third-order valence-corrected chi connectivity index (χ3v) is 16.6. The minimum absolute atomic E-state index is 0.0804. The van der Waals surface area contributed by atoms with E-state index in [0.717, 1.165) is 72.3 Å². The van der Waals surface area contributed by atoms with Crippen LogP contribution in [0.4, 0.5) is 13.2 Å². The Hall–Kier alpha value is -7.01. The number of phenols is 2. The van der Waals surface area contributed by atoms with Crippen molar-refractivity contribution in [2.45, 2.75) is 103 Å². The van der Waals surface area contributed by atoms with Crippen LogP contribution in [-0.4, -0.2) is 36.8 Å². The molecule has 73 heavy (non-hydrogen) atoms. The van der Waals surface area contributed by atoms with Gasteiger partial charge in [-0.25, -0.2) is 0 Å². The summed E-state index contributed by atoms with van der Waals surface area (Å²) in [5.74, 6) is -0.178. The van der Waals surface area contributed by atoms with Gasteiger partial charge in [0, 0.05) is 33.1 Å². The fraction of sp³-hybridized carbons (Fsp3) is 0.250. The molecule has 0 aliphatic heterocycles. The van der Waals surface area contributed by atoms with Crippen molar-refractivity contribution < 1.29 is 43.8 Å². The first-order chi connectivity index (χ1) is 34.8. The van der Waals surface area contributed by atoms with E-state index in [1.54, 1.807) is 36.4 Å². The van der Waals surface area contributed by atoms with Gasteiger partial charge >= 0.3 is 6.18 Å². The molecule has 1 atom stereocenters. The average Bonchev–Trinajstić information content (AvgIpc) is 3.88. The van der Waals surface area contributed by atoms with Gasteiger partial charge in [-0.05, 0) is 186 Å². The lowest BCUT2D eigenvalue weighted by Crippen LogP contribution is -2.38. The highest BCUT2D eigenvalue weighted by Gasteiger charge is 2.58. The monoisotopic (exact) mass is 978 g/mol. The van der Waals surface area contributed by atoms with Crippen molar-refractivity contribution in [3.8, 4) is 67.1 Å². The van der Waals surface area contributed by atoms with E-state index in [9.17, 15) is 30.6 Å². The van der Waals surface area contributed by atoms with Crippen LogP contribution in [-0.2, 0) is 61.9 Å². The van der Waals surface area contributed by atoms with E-state index < -0.39 is 22.4 Å². The van der Waals surface area contributed by atoms with Crippen molar-refractivity contribution >= 4 is 0 Å². The van der Waals surface area contributed by atoms with Gasteiger partial charge in [-0.2, -0.15) is 13.2 Å². The standard InChI is InChI=1S/C64H57F3O6/c1-61(2)53-25-35(6-7-37-21-43(31-68)59(72)44(22-37)32-69)8-14-47(53)49-16-10-39(27-55(49)61)41-12-18-51-52-19-13-42(30-58(52)63(5,57(51)29-41)64(65,66)67)40-11-17-50-48-15-9-36(26-54(48)62(3,4)56(50)28-40)20-38-23-45(33-70)60(73)46(24-38)34-71/h8-19,21-30,68-73H,6-7,20,31-34H2,1-5H3. The molecule has 370 valence electrons. The van der Waals surface area contributed by atoms with E-state index >= 15 is 13.2 Å². The van der Waals surface area contributed by atoms with Crippen molar-refractivity contribution in [3.63, 3.8) is 0 Å². The molecular weight excluding hydrogens is 922 g/mol. The Morgan fingerprint density at radius 1 is 0.356 bits per heavy atom. The van der Waals surface area contributed by atoms with Gasteiger partial charge in [0.05, 0.1) is 26.4 Å². The van der Waals surface area contributed by atoms with E-state index in [4.69, 9.17) is 0 Å². The van der Waals surface area contributed by atoms with Crippen LogP contribution in [0.2, 0.25) is 0 Å². The maximum atomic E-state index is 15.9. The zero-order chi connectivity index (χ0) is 51.5. The predicted octanol–water partition coefficient (Wildman–Crippen LogP) is 13.2. The van der Waals surface area contributed by atoms with Crippen LogP contribution in [0.1, 0.15) is 113 Å². The molecule has 0 bridgehead atoms. The van der Waals surface area contributed by atoms with E-state index in [0.29, 0.717) is 63.8 Å². The Bertz CT molecular complexity index is 3540. The van der Waals surface area contributed by atoms with Gasteiger partial charge in [0.2, 0.25) is 0 Å². The summed E-state index contributed by atoms with van der Waals surface area (Å²) >= 11 is 0.